The molecule has 0 spiro atoms. The summed E-state index contributed by atoms with van der Waals surface area (Å²) in [6.45, 7) is 13.8. The van der Waals surface area contributed by atoms with E-state index in [-0.39, 0.29) is 0 Å². The summed E-state index contributed by atoms with van der Waals surface area (Å²) in [6, 6.07) is 0. The second-order valence-corrected chi connectivity index (χ2v) is 4.85. The fourth-order valence-electron chi connectivity index (χ4n) is 1.57. The lowest BCUT2D eigenvalue weighted by atomic mass is 9.98. The Hall–Kier alpha value is -1.44. The standard InChI is InChI=1S/C16H26N2/c1-12(2)14(4)9-7-8-13(3)10-11-16(18-6)15(5)17/h10-11,13,17H,1,4,7-9H2,2-3,5-6H3/b11-10-,17-15?,18-16?. The summed E-state index contributed by atoms with van der Waals surface area (Å²) >= 11 is 0. The van der Waals surface area contributed by atoms with Crippen LogP contribution in [0.4, 0.5) is 0 Å². The highest BCUT2D eigenvalue weighted by atomic mass is 14.7. The molecule has 0 aliphatic heterocycles. The number of aliphatic imine (C=N–C) groups is 1. The van der Waals surface area contributed by atoms with Gasteiger partial charge in [0.15, 0.2) is 0 Å². The van der Waals surface area contributed by atoms with E-state index in [4.69, 9.17) is 5.41 Å². The minimum atomic E-state index is 0.499. The van der Waals surface area contributed by atoms with E-state index in [1.54, 1.807) is 14.0 Å². The summed E-state index contributed by atoms with van der Waals surface area (Å²) in [6.07, 6.45) is 7.34. The zero-order valence-corrected chi connectivity index (χ0v) is 12.2. The molecule has 0 rings (SSSR count). The smallest absolute Gasteiger partial charge is 0.0772 e. The first-order valence-corrected chi connectivity index (χ1v) is 6.42. The van der Waals surface area contributed by atoms with Crippen molar-refractivity contribution in [3.05, 3.63) is 36.5 Å². The van der Waals surface area contributed by atoms with Crippen LogP contribution < -0.4 is 0 Å². The van der Waals surface area contributed by atoms with Crippen molar-refractivity contribution in [3.8, 4) is 0 Å². The minimum Gasteiger partial charge on any atom is -0.303 e. The molecule has 1 atom stereocenters. The van der Waals surface area contributed by atoms with E-state index in [1.807, 2.05) is 13.0 Å². The van der Waals surface area contributed by atoms with Crippen molar-refractivity contribution in [1.29, 1.82) is 5.41 Å². The Balaban J connectivity index is 4.09. The second-order valence-electron chi connectivity index (χ2n) is 4.85. The number of nitrogens with one attached hydrogen (secondary N) is 1. The van der Waals surface area contributed by atoms with E-state index >= 15 is 0 Å². The van der Waals surface area contributed by atoms with Gasteiger partial charge in [-0.15, -0.1) is 0 Å². The highest BCUT2D eigenvalue weighted by molar-refractivity contribution is 6.44. The van der Waals surface area contributed by atoms with E-state index in [0.717, 1.165) is 36.1 Å². The Morgan fingerprint density at radius 3 is 2.39 bits per heavy atom. The molecule has 0 aliphatic carbocycles. The fourth-order valence-corrected chi connectivity index (χ4v) is 1.57. The van der Waals surface area contributed by atoms with Crippen molar-refractivity contribution in [1.82, 2.24) is 0 Å². The van der Waals surface area contributed by atoms with E-state index < -0.39 is 0 Å². The Kier molecular flexibility index (Phi) is 7.93. The molecule has 0 radical (unpaired) electrons. The largest absolute Gasteiger partial charge is 0.303 e. The third kappa shape index (κ3) is 7.00. The van der Waals surface area contributed by atoms with Crippen LogP contribution >= 0.6 is 0 Å². The molecular weight excluding hydrogens is 220 g/mol. The highest BCUT2D eigenvalue weighted by Gasteiger charge is 2.01. The first kappa shape index (κ1) is 16.6. The zero-order chi connectivity index (χ0) is 14.1. The molecule has 1 N–H and O–H groups in total. The molecule has 2 nitrogen and oxygen atoms in total. The molecule has 0 saturated carbocycles. The van der Waals surface area contributed by atoms with Crippen LogP contribution in [0.3, 0.4) is 0 Å². The molecule has 2 heteroatoms. The topological polar surface area (TPSA) is 36.2 Å². The molecule has 0 amide bonds. The monoisotopic (exact) mass is 246 g/mol. The van der Waals surface area contributed by atoms with Gasteiger partial charge in [-0.05, 0) is 45.1 Å². The molecular formula is C16H26N2. The van der Waals surface area contributed by atoms with Gasteiger partial charge in [0.05, 0.1) is 11.4 Å². The van der Waals surface area contributed by atoms with Crippen LogP contribution in [0, 0.1) is 11.3 Å². The molecule has 0 bridgehead atoms. The summed E-state index contributed by atoms with van der Waals surface area (Å²) in [5.74, 6) is 0.499. The number of hydrogen-bond acceptors (Lipinski definition) is 2. The average molecular weight is 246 g/mol. The SMILES string of the molecule is C=C(C)C(=C)CCCC(C)/C=C\C(=NC)C(C)=N. The Morgan fingerprint density at radius 2 is 1.94 bits per heavy atom. The predicted molar refractivity (Wildman–Crippen MR) is 82.9 cm³/mol. The van der Waals surface area contributed by atoms with E-state index in [9.17, 15) is 0 Å². The van der Waals surface area contributed by atoms with Gasteiger partial charge in [-0.1, -0.05) is 37.3 Å². The van der Waals surface area contributed by atoms with Gasteiger partial charge in [0.2, 0.25) is 0 Å². The summed E-state index contributed by atoms with van der Waals surface area (Å²) in [7, 11) is 1.72. The zero-order valence-electron chi connectivity index (χ0n) is 12.2. The minimum absolute atomic E-state index is 0.499. The summed E-state index contributed by atoms with van der Waals surface area (Å²) in [4.78, 5) is 4.07. The number of hydrogen-bond donors (Lipinski definition) is 1. The van der Waals surface area contributed by atoms with Gasteiger partial charge in [0, 0.05) is 7.05 Å². The molecule has 0 aromatic carbocycles. The van der Waals surface area contributed by atoms with Gasteiger partial charge in [-0.3, -0.25) is 4.99 Å². The third-order valence-corrected chi connectivity index (χ3v) is 2.95. The van der Waals surface area contributed by atoms with Crippen molar-refractivity contribution in [3.63, 3.8) is 0 Å². The van der Waals surface area contributed by atoms with Crippen LogP contribution in [-0.4, -0.2) is 18.5 Å². The second kappa shape index (κ2) is 8.62. The molecule has 0 saturated heterocycles. The van der Waals surface area contributed by atoms with Gasteiger partial charge in [-0.25, -0.2) is 0 Å². The number of nitrogens with zero attached hydrogens (tertiary/aromatic N) is 1. The van der Waals surface area contributed by atoms with Crippen LogP contribution in [-0.2, 0) is 0 Å². The lowest BCUT2D eigenvalue weighted by molar-refractivity contribution is 0.607. The maximum absolute atomic E-state index is 7.53. The van der Waals surface area contributed by atoms with Gasteiger partial charge in [0.1, 0.15) is 0 Å². The van der Waals surface area contributed by atoms with Crippen LogP contribution in [0.5, 0.6) is 0 Å². The first-order chi connectivity index (χ1) is 8.38. The molecule has 0 aromatic rings. The Morgan fingerprint density at radius 1 is 1.33 bits per heavy atom. The molecule has 0 heterocycles. The van der Waals surface area contributed by atoms with Crippen LogP contribution in [0.15, 0.2) is 41.4 Å². The van der Waals surface area contributed by atoms with Crippen LogP contribution in [0.1, 0.15) is 40.0 Å². The predicted octanol–water partition coefficient (Wildman–Crippen LogP) is 4.59. The summed E-state index contributed by atoms with van der Waals surface area (Å²) in [5, 5.41) is 7.53. The first-order valence-electron chi connectivity index (χ1n) is 6.42. The van der Waals surface area contributed by atoms with E-state index in [2.05, 4.69) is 31.2 Å². The van der Waals surface area contributed by atoms with Crippen molar-refractivity contribution in [2.45, 2.75) is 40.0 Å². The Labute approximate surface area is 112 Å². The maximum Gasteiger partial charge on any atom is 0.0772 e. The number of rotatable bonds is 8. The van der Waals surface area contributed by atoms with Crippen molar-refractivity contribution >= 4 is 11.4 Å². The van der Waals surface area contributed by atoms with Gasteiger partial charge < -0.3 is 5.41 Å². The van der Waals surface area contributed by atoms with E-state index in [0.29, 0.717) is 11.6 Å². The molecule has 18 heavy (non-hydrogen) atoms. The lowest BCUT2D eigenvalue weighted by Crippen LogP contribution is -2.05. The molecule has 0 fully saturated rings. The van der Waals surface area contributed by atoms with E-state index in [1.165, 1.54) is 0 Å². The van der Waals surface area contributed by atoms with Gasteiger partial charge in [0.25, 0.3) is 0 Å². The van der Waals surface area contributed by atoms with Crippen molar-refractivity contribution in [2.75, 3.05) is 7.05 Å². The molecule has 1 unspecified atom stereocenters. The normalized spacial score (nSPS) is 13.7. The average Bonchev–Trinajstić information content (AvgIpc) is 2.29. The molecule has 0 aromatic heterocycles. The number of allylic oxidation sites excluding steroid dienone is 4. The summed E-state index contributed by atoms with van der Waals surface area (Å²) in [5.41, 5.74) is 3.50. The van der Waals surface area contributed by atoms with Crippen LogP contribution in [0.25, 0.3) is 0 Å². The molecule has 100 valence electrons. The quantitative estimate of drug-likeness (QED) is 0.480. The third-order valence-electron chi connectivity index (χ3n) is 2.95. The van der Waals surface area contributed by atoms with Crippen molar-refractivity contribution < 1.29 is 0 Å². The van der Waals surface area contributed by atoms with Crippen molar-refractivity contribution in [2.24, 2.45) is 10.9 Å². The van der Waals surface area contributed by atoms with Gasteiger partial charge in [-0.2, -0.15) is 0 Å². The Bertz CT molecular complexity index is 373. The lowest BCUT2D eigenvalue weighted by Gasteiger charge is -2.08. The van der Waals surface area contributed by atoms with Gasteiger partial charge >= 0.3 is 0 Å². The summed E-state index contributed by atoms with van der Waals surface area (Å²) < 4.78 is 0. The molecule has 0 aliphatic rings. The fraction of sp³-hybridized carbons (Fsp3) is 0.500. The highest BCUT2D eigenvalue weighted by Crippen LogP contribution is 2.16. The van der Waals surface area contributed by atoms with Crippen LogP contribution in [0.2, 0.25) is 0 Å². The maximum atomic E-state index is 7.53.